The number of hydrogen-bond donors (Lipinski definition) is 1. The number of para-hydroxylation sites is 1. The average Bonchev–Trinajstić information content (AvgIpc) is 3.09. The van der Waals surface area contributed by atoms with Crippen molar-refractivity contribution in [2.75, 3.05) is 11.9 Å². The molecule has 0 fully saturated rings. The topological polar surface area (TPSA) is 64.1 Å². The molecule has 1 aliphatic rings. The molecule has 2 heterocycles. The highest BCUT2D eigenvalue weighted by atomic mass is 32.1. The van der Waals surface area contributed by atoms with E-state index in [-0.39, 0.29) is 12.5 Å². The Morgan fingerprint density at radius 1 is 1.08 bits per heavy atom. The molecular weight excluding hydrogens is 334 g/mol. The van der Waals surface area contributed by atoms with Crippen molar-refractivity contribution in [2.45, 2.75) is 6.42 Å². The maximum atomic E-state index is 12.4. The Hall–Kier alpha value is -2.99. The zero-order valence-corrected chi connectivity index (χ0v) is 14.1. The van der Waals surface area contributed by atoms with Crippen molar-refractivity contribution >= 4 is 28.5 Å². The predicted molar refractivity (Wildman–Crippen MR) is 97.7 cm³/mol. The lowest BCUT2D eigenvalue weighted by atomic mass is 10.1. The molecule has 124 valence electrons. The summed E-state index contributed by atoms with van der Waals surface area (Å²) in [6.07, 6.45) is 2.55. The Bertz CT molecular complexity index is 935. The summed E-state index contributed by atoms with van der Waals surface area (Å²) in [5.74, 6) is 0.581. The average molecular weight is 349 g/mol. The molecule has 0 bridgehead atoms. The predicted octanol–water partition coefficient (Wildman–Crippen LogP) is 3.54. The zero-order chi connectivity index (χ0) is 17.1. The largest absolute Gasteiger partial charge is 0.488 e. The number of carbonyl (C=O) groups is 1. The molecule has 0 radical (unpaired) electrons. The molecule has 5 nitrogen and oxygen atoms in total. The van der Waals surface area contributed by atoms with Crippen LogP contribution < -0.4 is 10.1 Å². The molecule has 4 rings (SSSR count). The molecule has 0 atom stereocenters. The molecule has 25 heavy (non-hydrogen) atoms. The summed E-state index contributed by atoms with van der Waals surface area (Å²) < 4.78 is 5.62. The van der Waals surface area contributed by atoms with Crippen LogP contribution in [0.4, 0.5) is 5.13 Å². The van der Waals surface area contributed by atoms with Gasteiger partial charge < -0.3 is 4.74 Å². The highest BCUT2D eigenvalue weighted by molar-refractivity contribution is 7.15. The second-order valence-electron chi connectivity index (χ2n) is 5.61. The minimum absolute atomic E-state index is 0.211. The Morgan fingerprint density at radius 3 is 2.76 bits per heavy atom. The van der Waals surface area contributed by atoms with Gasteiger partial charge in [0.1, 0.15) is 17.4 Å². The Balaban J connectivity index is 1.44. The number of ether oxygens (including phenoxy) is 1. The Morgan fingerprint density at radius 2 is 1.88 bits per heavy atom. The molecule has 0 saturated carbocycles. The second kappa shape index (κ2) is 6.86. The van der Waals surface area contributed by atoms with E-state index >= 15 is 0 Å². The molecular formula is C19H15N3O2S. The summed E-state index contributed by atoms with van der Waals surface area (Å²) in [4.78, 5) is 12.4. The third-order valence-corrected chi connectivity index (χ3v) is 4.65. The smallest absolute Gasteiger partial charge is 0.256 e. The van der Waals surface area contributed by atoms with E-state index in [0.717, 1.165) is 21.9 Å². The Labute approximate surface area is 149 Å². The number of nitrogens with zero attached hydrogens (tertiary/aromatic N) is 2. The van der Waals surface area contributed by atoms with Gasteiger partial charge in [-0.05, 0) is 17.7 Å². The minimum atomic E-state index is -0.211. The maximum absolute atomic E-state index is 12.4. The van der Waals surface area contributed by atoms with Gasteiger partial charge in [0.05, 0.1) is 5.57 Å². The van der Waals surface area contributed by atoms with Crippen LogP contribution in [-0.4, -0.2) is 22.7 Å². The van der Waals surface area contributed by atoms with E-state index in [4.69, 9.17) is 4.74 Å². The molecule has 0 aliphatic carbocycles. The normalized spacial score (nSPS) is 12.7. The summed E-state index contributed by atoms with van der Waals surface area (Å²) in [5.41, 5.74) is 2.64. The van der Waals surface area contributed by atoms with Gasteiger partial charge in [-0.25, -0.2) is 0 Å². The minimum Gasteiger partial charge on any atom is -0.488 e. The standard InChI is InChI=1S/C19H15N3O2S/c23-18(15-11-14-8-4-5-9-16(14)24-12-15)20-19-22-21-17(25-19)10-13-6-2-1-3-7-13/h1-9,11H,10,12H2,(H,20,22,23). The van der Waals surface area contributed by atoms with Gasteiger partial charge in [-0.2, -0.15) is 0 Å². The van der Waals surface area contributed by atoms with Crippen LogP contribution in [0.25, 0.3) is 6.08 Å². The number of carbonyl (C=O) groups excluding carboxylic acids is 1. The third-order valence-electron chi connectivity index (χ3n) is 3.81. The maximum Gasteiger partial charge on any atom is 0.256 e. The van der Waals surface area contributed by atoms with Crippen molar-refractivity contribution < 1.29 is 9.53 Å². The number of fused-ring (bicyclic) bond motifs is 1. The first-order valence-electron chi connectivity index (χ1n) is 7.88. The molecule has 0 unspecified atom stereocenters. The molecule has 0 saturated heterocycles. The van der Waals surface area contributed by atoms with E-state index in [2.05, 4.69) is 15.5 Å². The molecule has 1 N–H and O–H groups in total. The summed E-state index contributed by atoms with van der Waals surface area (Å²) in [6.45, 7) is 0.249. The van der Waals surface area contributed by atoms with Gasteiger partial charge >= 0.3 is 0 Å². The molecule has 1 aliphatic heterocycles. The third kappa shape index (κ3) is 3.59. The molecule has 1 amide bonds. The molecule has 2 aromatic carbocycles. The fourth-order valence-corrected chi connectivity index (χ4v) is 3.34. The molecule has 1 aromatic heterocycles. The van der Waals surface area contributed by atoms with E-state index in [1.165, 1.54) is 11.3 Å². The van der Waals surface area contributed by atoms with Gasteiger partial charge in [0.2, 0.25) is 5.13 Å². The summed E-state index contributed by atoms with van der Waals surface area (Å²) in [7, 11) is 0. The fourth-order valence-electron chi connectivity index (χ4n) is 2.57. The van der Waals surface area contributed by atoms with Crippen molar-refractivity contribution in [3.63, 3.8) is 0 Å². The van der Waals surface area contributed by atoms with Gasteiger partial charge in [-0.3, -0.25) is 10.1 Å². The van der Waals surface area contributed by atoms with Gasteiger partial charge in [0.15, 0.2) is 0 Å². The zero-order valence-electron chi connectivity index (χ0n) is 13.3. The molecule has 3 aromatic rings. The van der Waals surface area contributed by atoms with Gasteiger partial charge in [0, 0.05) is 12.0 Å². The highest BCUT2D eigenvalue weighted by Gasteiger charge is 2.18. The second-order valence-corrected chi connectivity index (χ2v) is 6.68. The van der Waals surface area contributed by atoms with E-state index < -0.39 is 0 Å². The quantitative estimate of drug-likeness (QED) is 0.782. The monoisotopic (exact) mass is 349 g/mol. The van der Waals surface area contributed by atoms with Crippen molar-refractivity contribution in [1.82, 2.24) is 10.2 Å². The number of hydrogen-bond acceptors (Lipinski definition) is 5. The van der Waals surface area contributed by atoms with Crippen LogP contribution in [0.3, 0.4) is 0 Å². The lowest BCUT2D eigenvalue weighted by molar-refractivity contribution is -0.113. The summed E-state index contributed by atoms with van der Waals surface area (Å²) in [5, 5.41) is 12.4. The van der Waals surface area contributed by atoms with Gasteiger partial charge in [-0.1, -0.05) is 59.9 Å². The van der Waals surface area contributed by atoms with E-state index in [9.17, 15) is 4.79 Å². The van der Waals surface area contributed by atoms with Crippen molar-refractivity contribution in [3.05, 3.63) is 76.3 Å². The van der Waals surface area contributed by atoms with Gasteiger partial charge in [-0.15, -0.1) is 10.2 Å². The fraction of sp³-hybridized carbons (Fsp3) is 0.105. The van der Waals surface area contributed by atoms with Crippen LogP contribution in [0, 0.1) is 0 Å². The van der Waals surface area contributed by atoms with Crippen LogP contribution in [0.5, 0.6) is 5.75 Å². The molecule has 6 heteroatoms. The van der Waals surface area contributed by atoms with E-state index in [0.29, 0.717) is 17.1 Å². The summed E-state index contributed by atoms with van der Waals surface area (Å²) in [6, 6.07) is 17.7. The number of rotatable bonds is 4. The number of aromatic nitrogens is 2. The molecule has 0 spiro atoms. The van der Waals surface area contributed by atoms with E-state index in [1.807, 2.05) is 60.7 Å². The van der Waals surface area contributed by atoms with Crippen LogP contribution in [0.1, 0.15) is 16.1 Å². The highest BCUT2D eigenvalue weighted by Crippen LogP contribution is 2.26. The van der Waals surface area contributed by atoms with Crippen molar-refractivity contribution in [3.8, 4) is 5.75 Å². The first-order valence-corrected chi connectivity index (χ1v) is 8.69. The van der Waals surface area contributed by atoms with Crippen molar-refractivity contribution in [1.29, 1.82) is 0 Å². The number of amides is 1. The van der Waals surface area contributed by atoms with Crippen molar-refractivity contribution in [2.24, 2.45) is 0 Å². The summed E-state index contributed by atoms with van der Waals surface area (Å²) >= 11 is 1.38. The van der Waals surface area contributed by atoms with Gasteiger partial charge in [0.25, 0.3) is 5.91 Å². The number of anilines is 1. The van der Waals surface area contributed by atoms with Crippen LogP contribution in [0.15, 0.2) is 60.2 Å². The lowest BCUT2D eigenvalue weighted by Crippen LogP contribution is -2.21. The Kier molecular flexibility index (Phi) is 4.26. The first kappa shape index (κ1) is 15.5. The first-order chi connectivity index (χ1) is 12.3. The van der Waals surface area contributed by atoms with Crippen LogP contribution in [-0.2, 0) is 11.2 Å². The number of nitrogens with one attached hydrogen (secondary N) is 1. The van der Waals surface area contributed by atoms with E-state index in [1.54, 1.807) is 0 Å². The van der Waals surface area contributed by atoms with Crippen LogP contribution in [0.2, 0.25) is 0 Å². The van der Waals surface area contributed by atoms with Crippen LogP contribution >= 0.6 is 11.3 Å². The number of benzene rings is 2. The SMILES string of the molecule is O=C(Nc1nnc(Cc2ccccc2)s1)C1=Cc2ccccc2OC1. The lowest BCUT2D eigenvalue weighted by Gasteiger charge is -2.16.